The van der Waals surface area contributed by atoms with Gasteiger partial charge in [0.15, 0.2) is 0 Å². The van der Waals surface area contributed by atoms with Crippen LogP contribution >= 0.6 is 0 Å². The topological polar surface area (TPSA) is 0 Å². The van der Waals surface area contributed by atoms with E-state index in [1.54, 1.807) is 0 Å². The van der Waals surface area contributed by atoms with E-state index in [0.717, 1.165) is 12.8 Å². The summed E-state index contributed by atoms with van der Waals surface area (Å²) < 4.78 is 0. The van der Waals surface area contributed by atoms with Crippen LogP contribution in [0.15, 0.2) is 146 Å². The first-order valence-electron chi connectivity index (χ1n) is 13.4. The van der Waals surface area contributed by atoms with E-state index in [1.807, 2.05) is 0 Å². The molecule has 0 unspecified atom stereocenters. The zero-order valence-electron chi connectivity index (χ0n) is 21.3. The molecule has 1 aliphatic rings. The molecule has 7 rings (SSSR count). The van der Waals surface area contributed by atoms with E-state index in [2.05, 4.69) is 146 Å². The Hall–Kier alpha value is -4.68. The Morgan fingerprint density at radius 3 is 1.37 bits per heavy atom. The zero-order chi connectivity index (χ0) is 25.3. The molecule has 0 saturated heterocycles. The van der Waals surface area contributed by atoms with Gasteiger partial charge in [0, 0.05) is 0 Å². The lowest BCUT2D eigenvalue weighted by atomic mass is 9.82. The lowest BCUT2D eigenvalue weighted by molar-refractivity contribution is 1.05. The van der Waals surface area contributed by atoms with Gasteiger partial charge in [-0.15, -0.1) is 0 Å². The first kappa shape index (κ1) is 22.5. The summed E-state index contributed by atoms with van der Waals surface area (Å²) in [5.74, 6) is 0. The third-order valence-corrected chi connectivity index (χ3v) is 7.77. The second kappa shape index (κ2) is 9.65. The molecule has 0 fully saturated rings. The fourth-order valence-electron chi connectivity index (χ4n) is 6.09. The van der Waals surface area contributed by atoms with E-state index < -0.39 is 0 Å². The molecule has 0 heteroatoms. The Kier molecular flexibility index (Phi) is 5.72. The molecule has 0 saturated carbocycles. The minimum absolute atomic E-state index is 1.08. The number of benzene rings is 6. The summed E-state index contributed by atoms with van der Waals surface area (Å²) in [6.45, 7) is 0. The van der Waals surface area contributed by atoms with Gasteiger partial charge in [0.2, 0.25) is 0 Å². The van der Waals surface area contributed by atoms with Crippen molar-refractivity contribution < 1.29 is 0 Å². The Balaban J connectivity index is 1.60. The maximum absolute atomic E-state index is 2.31. The van der Waals surface area contributed by atoms with Gasteiger partial charge in [0.05, 0.1) is 0 Å². The van der Waals surface area contributed by atoms with E-state index >= 15 is 0 Å². The molecule has 0 radical (unpaired) electrons. The molecule has 6 aromatic rings. The highest BCUT2D eigenvalue weighted by Gasteiger charge is 2.20. The highest BCUT2D eigenvalue weighted by Crippen LogP contribution is 2.47. The molecule has 6 aromatic carbocycles. The quantitative estimate of drug-likeness (QED) is 0.218. The Bertz CT molecular complexity index is 1790. The van der Waals surface area contributed by atoms with Crippen LogP contribution in [0.4, 0.5) is 0 Å². The third-order valence-electron chi connectivity index (χ3n) is 7.77. The van der Waals surface area contributed by atoms with E-state index in [9.17, 15) is 0 Å². The monoisotopic (exact) mass is 484 g/mol. The summed E-state index contributed by atoms with van der Waals surface area (Å²) in [6.07, 6.45) is 8.92. The first-order chi connectivity index (χ1) is 18.9. The van der Waals surface area contributed by atoms with Crippen molar-refractivity contribution in [3.8, 4) is 33.4 Å². The number of rotatable bonds is 4. The van der Waals surface area contributed by atoms with Gasteiger partial charge in [0.25, 0.3) is 0 Å². The summed E-state index contributed by atoms with van der Waals surface area (Å²) in [6, 6.07) is 46.5. The second-order valence-corrected chi connectivity index (χ2v) is 9.96. The van der Waals surface area contributed by atoms with Gasteiger partial charge in [-0.05, 0) is 78.9 Å². The van der Waals surface area contributed by atoms with Gasteiger partial charge in [-0.2, -0.15) is 0 Å². The van der Waals surface area contributed by atoms with Gasteiger partial charge < -0.3 is 0 Å². The molecule has 0 nitrogen and oxygen atoms in total. The Labute approximate surface area is 224 Å². The first-order valence-corrected chi connectivity index (χ1v) is 13.4. The zero-order valence-corrected chi connectivity index (χ0v) is 21.3. The molecule has 0 bridgehead atoms. The molecule has 1 aliphatic carbocycles. The van der Waals surface area contributed by atoms with Crippen LogP contribution in [0.2, 0.25) is 0 Å². The summed E-state index contributed by atoms with van der Waals surface area (Å²) in [5, 5.41) is 5.17. The molecule has 0 N–H and O–H groups in total. The number of fused-ring (bicyclic) bond motifs is 2. The van der Waals surface area contributed by atoms with Crippen LogP contribution in [0, 0.1) is 0 Å². The molecule has 0 heterocycles. The minimum Gasteiger partial charge on any atom is -0.0842 e. The van der Waals surface area contributed by atoms with E-state index in [0.29, 0.717) is 0 Å². The van der Waals surface area contributed by atoms with Crippen LogP contribution in [0.3, 0.4) is 0 Å². The van der Waals surface area contributed by atoms with Crippen LogP contribution in [-0.2, 0) is 0 Å². The average Bonchev–Trinajstić information content (AvgIpc) is 3.01. The number of hydrogen-bond donors (Lipinski definition) is 0. The van der Waals surface area contributed by atoms with Crippen molar-refractivity contribution in [3.05, 3.63) is 151 Å². The summed E-state index contributed by atoms with van der Waals surface area (Å²) in [7, 11) is 0. The summed E-state index contributed by atoms with van der Waals surface area (Å²) in [4.78, 5) is 0. The summed E-state index contributed by atoms with van der Waals surface area (Å²) >= 11 is 0. The maximum atomic E-state index is 2.31. The average molecular weight is 485 g/mol. The maximum Gasteiger partial charge on any atom is -0.00201 e. The molecular formula is C38H28. The van der Waals surface area contributed by atoms with E-state index in [1.165, 1.54) is 66.1 Å². The number of allylic oxidation sites excluding steroid dienone is 4. The smallest absolute Gasteiger partial charge is 0.00201 e. The van der Waals surface area contributed by atoms with Gasteiger partial charge in [-0.3, -0.25) is 0 Å². The predicted molar refractivity (Wildman–Crippen MR) is 164 cm³/mol. The van der Waals surface area contributed by atoms with Crippen molar-refractivity contribution in [3.63, 3.8) is 0 Å². The van der Waals surface area contributed by atoms with Crippen molar-refractivity contribution in [2.24, 2.45) is 0 Å². The van der Waals surface area contributed by atoms with E-state index in [-0.39, 0.29) is 0 Å². The Morgan fingerprint density at radius 2 is 0.842 bits per heavy atom. The van der Waals surface area contributed by atoms with Gasteiger partial charge in [-0.25, -0.2) is 0 Å². The van der Waals surface area contributed by atoms with Gasteiger partial charge >= 0.3 is 0 Å². The van der Waals surface area contributed by atoms with Crippen LogP contribution in [-0.4, -0.2) is 0 Å². The van der Waals surface area contributed by atoms with Gasteiger partial charge in [-0.1, -0.05) is 146 Å². The molecule has 0 spiro atoms. The SMILES string of the molecule is C1=CCCC(c2ccccc2-c2c3ccccc3c(-c3ccccc3-c3ccccc3)c3ccccc23)=C1. The highest BCUT2D eigenvalue weighted by atomic mass is 14.2. The molecular weight excluding hydrogens is 456 g/mol. The second-order valence-electron chi connectivity index (χ2n) is 9.96. The van der Waals surface area contributed by atoms with Crippen LogP contribution in [0.25, 0.3) is 60.5 Å². The fraction of sp³-hybridized carbons (Fsp3) is 0.0526. The molecule has 38 heavy (non-hydrogen) atoms. The molecule has 0 amide bonds. The molecule has 0 aromatic heterocycles. The van der Waals surface area contributed by atoms with Crippen molar-refractivity contribution in [1.29, 1.82) is 0 Å². The van der Waals surface area contributed by atoms with E-state index in [4.69, 9.17) is 0 Å². The normalized spacial score (nSPS) is 13.1. The van der Waals surface area contributed by atoms with Crippen LogP contribution in [0.5, 0.6) is 0 Å². The molecule has 0 aliphatic heterocycles. The minimum atomic E-state index is 1.08. The summed E-state index contributed by atoms with van der Waals surface area (Å²) in [5.41, 5.74) is 10.5. The van der Waals surface area contributed by atoms with Gasteiger partial charge in [0.1, 0.15) is 0 Å². The third kappa shape index (κ3) is 3.78. The van der Waals surface area contributed by atoms with Crippen molar-refractivity contribution in [2.75, 3.05) is 0 Å². The van der Waals surface area contributed by atoms with Crippen molar-refractivity contribution in [1.82, 2.24) is 0 Å². The van der Waals surface area contributed by atoms with Crippen LogP contribution < -0.4 is 0 Å². The van der Waals surface area contributed by atoms with Crippen LogP contribution in [0.1, 0.15) is 18.4 Å². The van der Waals surface area contributed by atoms with Crippen molar-refractivity contribution >= 4 is 27.1 Å². The molecule has 180 valence electrons. The lowest BCUT2D eigenvalue weighted by Crippen LogP contribution is -1.96. The highest BCUT2D eigenvalue weighted by molar-refractivity contribution is 6.23. The molecule has 0 atom stereocenters. The Morgan fingerprint density at radius 1 is 0.395 bits per heavy atom. The van der Waals surface area contributed by atoms with Crippen molar-refractivity contribution in [2.45, 2.75) is 12.8 Å². The standard InChI is InChI=1S/C38H28/c1-3-15-27(16-4-1)29-19-7-9-21-31(29)37-33-23-11-13-25-35(33)38(36-26-14-12-24-34(36)37)32-22-10-8-20-30(32)28-17-5-2-6-18-28/h1-5,7-17,19-26H,6,18H2. The largest absolute Gasteiger partial charge is 0.0842 e. The lowest BCUT2D eigenvalue weighted by Gasteiger charge is -2.21. The fourth-order valence-corrected chi connectivity index (χ4v) is 6.09. The number of hydrogen-bond acceptors (Lipinski definition) is 0. The predicted octanol–water partition coefficient (Wildman–Crippen LogP) is 10.7.